The zero-order valence-electron chi connectivity index (χ0n) is 16.6. The summed E-state index contributed by atoms with van der Waals surface area (Å²) >= 11 is 0. The number of piperidine rings is 1. The molecule has 1 aromatic carbocycles. The van der Waals surface area contributed by atoms with Crippen LogP contribution in [0.3, 0.4) is 0 Å². The third-order valence-corrected chi connectivity index (χ3v) is 6.12. The van der Waals surface area contributed by atoms with Gasteiger partial charge in [0.1, 0.15) is 0 Å². The van der Waals surface area contributed by atoms with E-state index in [-0.39, 0.29) is 5.91 Å². The number of likely N-dealkylation sites (tertiary alicyclic amines) is 1. The molecule has 0 bridgehead atoms. The van der Waals surface area contributed by atoms with E-state index in [0.717, 1.165) is 69.0 Å². The molecule has 4 rings (SSSR count). The summed E-state index contributed by atoms with van der Waals surface area (Å²) in [6, 6.07) is 6.78. The normalized spacial score (nSPS) is 21.7. The molecule has 0 radical (unpaired) electrons. The van der Waals surface area contributed by atoms with Gasteiger partial charge in [-0.05, 0) is 50.8 Å². The van der Waals surface area contributed by atoms with Gasteiger partial charge in [0.25, 0.3) is 0 Å². The summed E-state index contributed by atoms with van der Waals surface area (Å²) in [5, 5.41) is 1.20. The zero-order chi connectivity index (χ0) is 18.8. The molecule has 5 nitrogen and oxygen atoms in total. The quantitative estimate of drug-likeness (QED) is 0.901. The molecule has 1 atom stereocenters. The van der Waals surface area contributed by atoms with E-state index in [1.165, 1.54) is 17.4 Å². The van der Waals surface area contributed by atoms with Gasteiger partial charge in [-0.1, -0.05) is 11.6 Å². The summed E-state index contributed by atoms with van der Waals surface area (Å²) in [5.41, 5.74) is 4.64. The van der Waals surface area contributed by atoms with Gasteiger partial charge in [0.15, 0.2) is 0 Å². The van der Waals surface area contributed by atoms with Gasteiger partial charge in [0.2, 0.25) is 5.91 Å². The standard InChI is InChI=1S/C22H31N3O2/c1-16-6-7-21-20(13-16)19(17(2)23-21)14-22(26)25-8-4-3-5-18(25)15-24-9-11-27-12-10-24/h6-7,13,18,23H,3-5,8-12,14-15H2,1-2H3. The molecule has 5 heteroatoms. The molecule has 3 heterocycles. The minimum atomic E-state index is 0.276. The molecule has 1 amide bonds. The lowest BCUT2D eigenvalue weighted by atomic mass is 9.99. The number of fused-ring (bicyclic) bond motifs is 1. The van der Waals surface area contributed by atoms with Crippen LogP contribution in [0.2, 0.25) is 0 Å². The first-order valence-corrected chi connectivity index (χ1v) is 10.3. The van der Waals surface area contributed by atoms with Crippen LogP contribution in [0.4, 0.5) is 0 Å². The van der Waals surface area contributed by atoms with E-state index in [4.69, 9.17) is 4.74 Å². The van der Waals surface area contributed by atoms with Crippen LogP contribution in [0, 0.1) is 13.8 Å². The summed E-state index contributed by atoms with van der Waals surface area (Å²) in [5.74, 6) is 0.276. The fourth-order valence-corrected chi connectivity index (χ4v) is 4.58. The summed E-state index contributed by atoms with van der Waals surface area (Å²) in [6.45, 7) is 9.67. The predicted octanol–water partition coefficient (Wildman–Crippen LogP) is 3.04. The van der Waals surface area contributed by atoms with Gasteiger partial charge in [-0.15, -0.1) is 0 Å². The highest BCUT2D eigenvalue weighted by molar-refractivity contribution is 5.90. The van der Waals surface area contributed by atoms with Gasteiger partial charge in [0, 0.05) is 48.8 Å². The molecule has 2 aromatic rings. The van der Waals surface area contributed by atoms with Crippen molar-refractivity contribution in [2.75, 3.05) is 39.4 Å². The highest BCUT2D eigenvalue weighted by atomic mass is 16.5. The Morgan fingerprint density at radius 3 is 2.81 bits per heavy atom. The number of amides is 1. The number of aromatic nitrogens is 1. The Labute approximate surface area is 161 Å². The predicted molar refractivity (Wildman–Crippen MR) is 108 cm³/mol. The Morgan fingerprint density at radius 2 is 2.00 bits per heavy atom. The van der Waals surface area contributed by atoms with Crippen molar-refractivity contribution in [2.24, 2.45) is 0 Å². The molecular formula is C22H31N3O2. The van der Waals surface area contributed by atoms with E-state index in [9.17, 15) is 4.79 Å². The molecule has 0 saturated carbocycles. The van der Waals surface area contributed by atoms with Crippen LogP contribution in [0.5, 0.6) is 0 Å². The van der Waals surface area contributed by atoms with Crippen LogP contribution in [0.1, 0.15) is 36.1 Å². The number of hydrogen-bond donors (Lipinski definition) is 1. The van der Waals surface area contributed by atoms with Gasteiger partial charge in [-0.3, -0.25) is 9.69 Å². The number of aryl methyl sites for hydroxylation is 2. The molecule has 2 aliphatic heterocycles. The van der Waals surface area contributed by atoms with Gasteiger partial charge in [0.05, 0.1) is 19.6 Å². The van der Waals surface area contributed by atoms with E-state index in [2.05, 4.69) is 46.8 Å². The van der Waals surface area contributed by atoms with E-state index < -0.39 is 0 Å². The molecule has 1 aromatic heterocycles. The van der Waals surface area contributed by atoms with E-state index in [1.807, 2.05) is 0 Å². The number of morpholine rings is 1. The number of benzene rings is 1. The summed E-state index contributed by atoms with van der Waals surface area (Å²) in [4.78, 5) is 21.3. The second-order valence-electron chi connectivity index (χ2n) is 8.10. The average Bonchev–Trinajstić information content (AvgIpc) is 2.98. The fraction of sp³-hybridized carbons (Fsp3) is 0.591. The fourth-order valence-electron chi connectivity index (χ4n) is 4.58. The van der Waals surface area contributed by atoms with Gasteiger partial charge in [-0.25, -0.2) is 0 Å². The van der Waals surface area contributed by atoms with Crippen molar-refractivity contribution in [3.63, 3.8) is 0 Å². The van der Waals surface area contributed by atoms with Crippen molar-refractivity contribution in [2.45, 2.75) is 45.6 Å². The second kappa shape index (κ2) is 8.03. The molecule has 1 unspecified atom stereocenters. The van der Waals surface area contributed by atoms with Gasteiger partial charge in [-0.2, -0.15) is 0 Å². The summed E-state index contributed by atoms with van der Waals surface area (Å²) in [7, 11) is 0. The number of carbonyl (C=O) groups is 1. The molecule has 1 N–H and O–H groups in total. The van der Waals surface area contributed by atoms with Crippen molar-refractivity contribution in [1.82, 2.24) is 14.8 Å². The number of carbonyl (C=O) groups excluding carboxylic acids is 1. The highest BCUT2D eigenvalue weighted by Crippen LogP contribution is 2.26. The van der Waals surface area contributed by atoms with E-state index in [0.29, 0.717) is 12.5 Å². The maximum absolute atomic E-state index is 13.3. The van der Waals surface area contributed by atoms with Gasteiger partial charge < -0.3 is 14.6 Å². The third-order valence-electron chi connectivity index (χ3n) is 6.12. The number of nitrogens with zero attached hydrogens (tertiary/aromatic N) is 2. The molecule has 2 saturated heterocycles. The lowest BCUT2D eigenvalue weighted by molar-refractivity contribution is -0.134. The van der Waals surface area contributed by atoms with Crippen LogP contribution in [0.25, 0.3) is 10.9 Å². The number of rotatable bonds is 4. The van der Waals surface area contributed by atoms with Crippen LogP contribution >= 0.6 is 0 Å². The van der Waals surface area contributed by atoms with Crippen LogP contribution in [0.15, 0.2) is 18.2 Å². The van der Waals surface area contributed by atoms with Crippen molar-refractivity contribution >= 4 is 16.8 Å². The molecule has 2 fully saturated rings. The second-order valence-corrected chi connectivity index (χ2v) is 8.10. The minimum Gasteiger partial charge on any atom is -0.379 e. The first-order valence-electron chi connectivity index (χ1n) is 10.3. The smallest absolute Gasteiger partial charge is 0.227 e. The molecular weight excluding hydrogens is 338 g/mol. The highest BCUT2D eigenvalue weighted by Gasteiger charge is 2.29. The first kappa shape index (κ1) is 18.5. The Hall–Kier alpha value is -1.85. The van der Waals surface area contributed by atoms with Crippen molar-refractivity contribution in [3.05, 3.63) is 35.0 Å². The van der Waals surface area contributed by atoms with Crippen molar-refractivity contribution in [1.29, 1.82) is 0 Å². The Bertz CT molecular complexity index is 807. The monoisotopic (exact) mass is 369 g/mol. The number of hydrogen-bond acceptors (Lipinski definition) is 3. The number of H-pyrrole nitrogens is 1. The lowest BCUT2D eigenvalue weighted by Gasteiger charge is -2.39. The number of ether oxygens (including phenoxy) is 1. The van der Waals surface area contributed by atoms with Crippen LogP contribution < -0.4 is 0 Å². The largest absolute Gasteiger partial charge is 0.379 e. The SMILES string of the molecule is Cc1ccc2[nH]c(C)c(CC(=O)N3CCCCC3CN3CCOCC3)c2c1. The maximum atomic E-state index is 13.3. The molecule has 0 aliphatic carbocycles. The zero-order valence-corrected chi connectivity index (χ0v) is 16.6. The Balaban J connectivity index is 1.50. The van der Waals surface area contributed by atoms with Crippen LogP contribution in [-0.4, -0.2) is 66.1 Å². The van der Waals surface area contributed by atoms with Gasteiger partial charge >= 0.3 is 0 Å². The van der Waals surface area contributed by atoms with Crippen molar-refractivity contribution in [3.8, 4) is 0 Å². The molecule has 0 spiro atoms. The number of nitrogens with one attached hydrogen (secondary N) is 1. The topological polar surface area (TPSA) is 48.6 Å². The average molecular weight is 370 g/mol. The molecule has 27 heavy (non-hydrogen) atoms. The lowest BCUT2D eigenvalue weighted by Crippen LogP contribution is -2.51. The Morgan fingerprint density at radius 1 is 1.19 bits per heavy atom. The number of aromatic amines is 1. The molecule has 146 valence electrons. The van der Waals surface area contributed by atoms with Crippen molar-refractivity contribution < 1.29 is 9.53 Å². The Kier molecular flexibility index (Phi) is 5.50. The van der Waals surface area contributed by atoms with E-state index in [1.54, 1.807) is 0 Å². The minimum absolute atomic E-state index is 0.276. The van der Waals surface area contributed by atoms with E-state index >= 15 is 0 Å². The van der Waals surface area contributed by atoms with Crippen LogP contribution in [-0.2, 0) is 16.0 Å². The summed E-state index contributed by atoms with van der Waals surface area (Å²) < 4.78 is 5.47. The maximum Gasteiger partial charge on any atom is 0.227 e. The third kappa shape index (κ3) is 4.04. The molecule has 2 aliphatic rings. The summed E-state index contributed by atoms with van der Waals surface area (Å²) in [6.07, 6.45) is 3.96. The first-order chi connectivity index (χ1) is 13.1.